The first-order chi connectivity index (χ1) is 15.2. The number of benzene rings is 1. The van der Waals surface area contributed by atoms with E-state index in [-0.39, 0.29) is 18.8 Å². The molecular formula is C21H22F3N3O5. The van der Waals surface area contributed by atoms with Gasteiger partial charge in [0.05, 0.1) is 11.6 Å². The number of hydrogen-bond acceptors (Lipinski definition) is 6. The Bertz CT molecular complexity index is 987. The van der Waals surface area contributed by atoms with Crippen molar-refractivity contribution in [3.63, 3.8) is 0 Å². The highest BCUT2D eigenvalue weighted by Crippen LogP contribution is 2.47. The molecule has 32 heavy (non-hydrogen) atoms. The first-order valence-corrected chi connectivity index (χ1v) is 10.2. The molecule has 0 aliphatic heterocycles. The van der Waals surface area contributed by atoms with Crippen LogP contribution in [0.4, 0.5) is 13.2 Å². The van der Waals surface area contributed by atoms with Crippen LogP contribution in [0.5, 0.6) is 5.75 Å². The van der Waals surface area contributed by atoms with Crippen molar-refractivity contribution in [2.75, 3.05) is 6.61 Å². The molecular weight excluding hydrogens is 431 g/mol. The fourth-order valence-corrected chi connectivity index (χ4v) is 4.46. The number of carbonyl (C=O) groups is 2. The summed E-state index contributed by atoms with van der Waals surface area (Å²) in [5, 5.41) is 19.6. The maximum atomic E-state index is 13.0. The number of rotatable bonds is 7. The summed E-state index contributed by atoms with van der Waals surface area (Å²) in [7, 11) is 0. The zero-order chi connectivity index (χ0) is 22.9. The molecule has 3 fully saturated rings. The number of aliphatic hydroxyl groups excluding tert-OH is 1. The van der Waals surface area contributed by atoms with Crippen LogP contribution >= 0.6 is 0 Å². The molecule has 1 atom stereocenters. The molecule has 3 N–H and O–H groups in total. The minimum absolute atomic E-state index is 0.188. The second-order valence-corrected chi connectivity index (χ2v) is 8.32. The summed E-state index contributed by atoms with van der Waals surface area (Å²) in [5.74, 6) is -1.49. The van der Waals surface area contributed by atoms with Gasteiger partial charge in [-0.3, -0.25) is 9.59 Å². The van der Waals surface area contributed by atoms with Crippen molar-refractivity contribution in [3.8, 4) is 5.75 Å². The third-order valence-electron chi connectivity index (χ3n) is 6.25. The normalized spacial score (nSPS) is 26.7. The third-order valence-corrected chi connectivity index (χ3v) is 6.25. The average Bonchev–Trinajstić information content (AvgIpc) is 3.26. The Morgan fingerprint density at radius 1 is 1.19 bits per heavy atom. The lowest BCUT2D eigenvalue weighted by molar-refractivity contribution is -0.132. The molecule has 1 aromatic heterocycles. The molecule has 2 bridgehead atoms. The molecule has 2 amide bonds. The molecule has 1 aromatic carbocycles. The van der Waals surface area contributed by atoms with Crippen molar-refractivity contribution in [1.82, 2.24) is 15.8 Å². The largest absolute Gasteiger partial charge is 0.484 e. The van der Waals surface area contributed by atoms with Crippen molar-refractivity contribution in [1.29, 1.82) is 0 Å². The van der Waals surface area contributed by atoms with Crippen molar-refractivity contribution >= 4 is 11.8 Å². The number of fused-ring (bicyclic) bond motifs is 3. The van der Waals surface area contributed by atoms with Crippen LogP contribution in [0.3, 0.4) is 0 Å². The van der Waals surface area contributed by atoms with Crippen molar-refractivity contribution in [2.45, 2.75) is 55.7 Å². The minimum atomic E-state index is -2.85. The number of nitrogens with zero attached hydrogens (tertiary/aromatic N) is 1. The van der Waals surface area contributed by atoms with E-state index in [1.807, 2.05) is 0 Å². The SMILES string of the molecule is O=C(COc1ccc(F)cc1)NC12CCC(NC(=O)c3cc(C(F)F)no3)(CC1)C[C@@H]2O. The second-order valence-electron chi connectivity index (χ2n) is 8.32. The van der Waals surface area contributed by atoms with Crippen LogP contribution in [0.1, 0.15) is 54.8 Å². The Labute approximate surface area is 181 Å². The molecule has 11 heteroatoms. The Morgan fingerprint density at radius 3 is 2.47 bits per heavy atom. The smallest absolute Gasteiger partial charge is 0.290 e. The summed E-state index contributed by atoms with van der Waals surface area (Å²) in [6.07, 6.45) is -1.80. The Hall–Kier alpha value is -3.08. The van der Waals surface area contributed by atoms with E-state index in [0.717, 1.165) is 6.07 Å². The van der Waals surface area contributed by atoms with Gasteiger partial charge in [-0.2, -0.15) is 0 Å². The summed E-state index contributed by atoms with van der Waals surface area (Å²) in [6.45, 7) is -0.292. The van der Waals surface area contributed by atoms with Crippen molar-refractivity contribution in [2.24, 2.45) is 0 Å². The lowest BCUT2D eigenvalue weighted by Gasteiger charge is -2.56. The molecule has 0 spiro atoms. The first-order valence-electron chi connectivity index (χ1n) is 10.2. The highest BCUT2D eigenvalue weighted by atomic mass is 19.3. The van der Waals surface area contributed by atoms with Gasteiger partial charge in [0, 0.05) is 11.6 Å². The second kappa shape index (κ2) is 8.45. The van der Waals surface area contributed by atoms with Crippen molar-refractivity contribution < 1.29 is 37.1 Å². The van der Waals surface area contributed by atoms with E-state index in [1.54, 1.807) is 0 Å². The fraction of sp³-hybridized carbons (Fsp3) is 0.476. The fourth-order valence-electron chi connectivity index (χ4n) is 4.46. The van der Waals surface area contributed by atoms with Gasteiger partial charge in [0.2, 0.25) is 5.76 Å². The van der Waals surface area contributed by atoms with Gasteiger partial charge in [0.25, 0.3) is 18.2 Å². The minimum Gasteiger partial charge on any atom is -0.484 e. The van der Waals surface area contributed by atoms with E-state index >= 15 is 0 Å². The predicted octanol–water partition coefficient (Wildman–Crippen LogP) is 2.49. The maximum Gasteiger partial charge on any atom is 0.290 e. The standard InChI is InChI=1S/C21H22F3N3O5/c22-12-1-3-13(4-2-12)31-11-17(29)25-21-7-5-20(6-8-21,10-16(21)28)26-19(30)15-9-14(18(23)24)27-32-15/h1-4,9,16,18,28H,5-8,10-11H2,(H,25,29)(H,26,30)/t16-,20?,21?/m0/s1. The molecule has 0 unspecified atom stereocenters. The quantitative estimate of drug-likeness (QED) is 0.594. The maximum absolute atomic E-state index is 13.0. The average molecular weight is 453 g/mol. The third kappa shape index (κ3) is 4.43. The van der Waals surface area contributed by atoms with Crippen LogP contribution in [0, 0.1) is 5.82 Å². The number of aromatic nitrogens is 1. The summed E-state index contributed by atoms with van der Waals surface area (Å²) < 4.78 is 48.3. The number of hydrogen-bond donors (Lipinski definition) is 3. The molecule has 0 saturated heterocycles. The number of alkyl halides is 2. The topological polar surface area (TPSA) is 114 Å². The van der Waals surface area contributed by atoms with Crippen LogP contribution < -0.4 is 15.4 Å². The molecule has 172 valence electrons. The van der Waals surface area contributed by atoms with Crippen LogP contribution in [-0.4, -0.2) is 45.9 Å². The van der Waals surface area contributed by atoms with Crippen LogP contribution in [0.15, 0.2) is 34.9 Å². The number of amides is 2. The van der Waals surface area contributed by atoms with E-state index in [9.17, 15) is 27.9 Å². The molecule has 5 rings (SSSR count). The Kier molecular flexibility index (Phi) is 5.85. The van der Waals surface area contributed by atoms with Gasteiger partial charge in [0.1, 0.15) is 11.6 Å². The first kappa shape index (κ1) is 22.1. The van der Waals surface area contributed by atoms with E-state index in [4.69, 9.17) is 9.26 Å². The summed E-state index contributed by atoms with van der Waals surface area (Å²) >= 11 is 0. The number of ether oxygens (including phenoxy) is 1. The zero-order valence-corrected chi connectivity index (χ0v) is 16.9. The monoisotopic (exact) mass is 453 g/mol. The number of carbonyl (C=O) groups excluding carboxylic acids is 2. The van der Waals surface area contributed by atoms with Gasteiger partial charge in [-0.15, -0.1) is 0 Å². The van der Waals surface area contributed by atoms with E-state index in [0.29, 0.717) is 31.4 Å². The highest BCUT2D eigenvalue weighted by molar-refractivity contribution is 5.92. The Balaban J connectivity index is 1.33. The lowest BCUT2D eigenvalue weighted by Crippen LogP contribution is -2.70. The van der Waals surface area contributed by atoms with Crippen molar-refractivity contribution in [3.05, 3.63) is 47.6 Å². The molecule has 3 aliphatic rings. The van der Waals surface area contributed by atoms with Gasteiger partial charge < -0.3 is 25.0 Å². The van der Waals surface area contributed by atoms with Gasteiger partial charge >= 0.3 is 0 Å². The van der Waals surface area contributed by atoms with Crippen LogP contribution in [-0.2, 0) is 4.79 Å². The molecule has 0 radical (unpaired) electrons. The number of halogens is 3. The Morgan fingerprint density at radius 2 is 1.88 bits per heavy atom. The highest BCUT2D eigenvalue weighted by Gasteiger charge is 2.55. The molecule has 1 heterocycles. The molecule has 3 aliphatic carbocycles. The molecule has 3 saturated carbocycles. The van der Waals surface area contributed by atoms with Gasteiger partial charge in [-0.1, -0.05) is 5.16 Å². The van der Waals surface area contributed by atoms with Gasteiger partial charge in [-0.25, -0.2) is 13.2 Å². The van der Waals surface area contributed by atoms with Crippen LogP contribution in [0.25, 0.3) is 0 Å². The summed E-state index contributed by atoms with van der Waals surface area (Å²) in [4.78, 5) is 24.9. The van der Waals surface area contributed by atoms with E-state index in [1.165, 1.54) is 24.3 Å². The zero-order valence-electron chi connectivity index (χ0n) is 16.9. The lowest BCUT2D eigenvalue weighted by atomic mass is 9.60. The van der Waals surface area contributed by atoms with Crippen LogP contribution in [0.2, 0.25) is 0 Å². The van der Waals surface area contributed by atoms with E-state index in [2.05, 4.69) is 15.8 Å². The van der Waals surface area contributed by atoms with Gasteiger partial charge in [0.15, 0.2) is 12.3 Å². The van der Waals surface area contributed by atoms with E-state index < -0.39 is 46.9 Å². The number of nitrogens with one attached hydrogen (secondary N) is 2. The number of aliphatic hydroxyl groups is 1. The summed E-state index contributed by atoms with van der Waals surface area (Å²) in [5.41, 5.74) is -2.19. The summed E-state index contributed by atoms with van der Waals surface area (Å²) in [6, 6.07) is 6.15. The van der Waals surface area contributed by atoms with Gasteiger partial charge in [-0.05, 0) is 56.4 Å². The molecule has 8 nitrogen and oxygen atoms in total. The predicted molar refractivity (Wildman–Crippen MR) is 104 cm³/mol. The molecule has 2 aromatic rings.